The lowest BCUT2D eigenvalue weighted by atomic mass is 10.2. The average molecular weight is 198 g/mol. The van der Waals surface area contributed by atoms with Crippen LogP contribution in [0.5, 0.6) is 0 Å². The van der Waals surface area contributed by atoms with E-state index in [0.29, 0.717) is 0 Å². The van der Waals surface area contributed by atoms with Gasteiger partial charge in [-0.15, -0.1) is 0 Å². The lowest BCUT2D eigenvalue weighted by Gasteiger charge is -1.96. The van der Waals surface area contributed by atoms with Gasteiger partial charge in [0.1, 0.15) is 0 Å². The summed E-state index contributed by atoms with van der Waals surface area (Å²) in [5, 5.41) is 3.41. The van der Waals surface area contributed by atoms with Gasteiger partial charge >= 0.3 is 0 Å². The molecule has 0 bridgehead atoms. The Kier molecular flexibility index (Phi) is 3.28. The van der Waals surface area contributed by atoms with E-state index in [1.54, 1.807) is 0 Å². The molecule has 0 saturated heterocycles. The molecule has 14 heavy (non-hydrogen) atoms. The maximum Gasteiger partial charge on any atom is 0.236 e. The number of carbonyl (C=O) groups excluding carboxylic acids is 1. The van der Waals surface area contributed by atoms with Crippen LogP contribution in [0, 0.1) is 11.6 Å². The number of carbonyl (C=O) groups is 1. The first-order chi connectivity index (χ1) is 6.61. The second-order valence-electron chi connectivity index (χ2n) is 2.57. The van der Waals surface area contributed by atoms with Gasteiger partial charge in [0, 0.05) is 12.5 Å². The summed E-state index contributed by atoms with van der Waals surface area (Å²) < 4.78 is 25.6. The van der Waals surface area contributed by atoms with Gasteiger partial charge in [-0.25, -0.2) is 14.2 Å². The number of rotatable bonds is 2. The SMILES string of the molecule is CC(=O)NN=Cc1cccc(F)c1F. The predicted molar refractivity (Wildman–Crippen MR) is 47.8 cm³/mol. The number of halogens is 2. The molecule has 74 valence electrons. The molecule has 0 fully saturated rings. The summed E-state index contributed by atoms with van der Waals surface area (Å²) in [6.07, 6.45) is 1.04. The van der Waals surface area contributed by atoms with Crippen LogP contribution in [0.1, 0.15) is 12.5 Å². The maximum absolute atomic E-state index is 12.9. The third-order valence-corrected chi connectivity index (χ3v) is 1.41. The Labute approximate surface area is 79.4 Å². The fraction of sp³-hybridized carbons (Fsp3) is 0.111. The van der Waals surface area contributed by atoms with Crippen molar-refractivity contribution in [1.29, 1.82) is 0 Å². The minimum absolute atomic E-state index is 0.0150. The molecule has 5 heteroatoms. The van der Waals surface area contributed by atoms with Crippen molar-refractivity contribution >= 4 is 12.1 Å². The monoisotopic (exact) mass is 198 g/mol. The highest BCUT2D eigenvalue weighted by Gasteiger charge is 2.04. The molecule has 3 nitrogen and oxygen atoms in total. The highest BCUT2D eigenvalue weighted by molar-refractivity contribution is 5.81. The lowest BCUT2D eigenvalue weighted by molar-refractivity contribution is -0.118. The van der Waals surface area contributed by atoms with E-state index in [4.69, 9.17) is 0 Å². The van der Waals surface area contributed by atoms with Gasteiger partial charge in [0.25, 0.3) is 0 Å². The Bertz CT molecular complexity index is 377. The molecule has 0 heterocycles. The van der Waals surface area contributed by atoms with E-state index in [0.717, 1.165) is 12.3 Å². The molecule has 0 radical (unpaired) electrons. The summed E-state index contributed by atoms with van der Waals surface area (Å²) in [7, 11) is 0. The van der Waals surface area contributed by atoms with E-state index < -0.39 is 11.6 Å². The van der Waals surface area contributed by atoms with Crippen LogP contribution in [0.15, 0.2) is 23.3 Å². The minimum atomic E-state index is -0.985. The number of nitrogens with zero attached hydrogens (tertiary/aromatic N) is 1. The molecule has 1 amide bonds. The van der Waals surface area contributed by atoms with Crippen molar-refractivity contribution in [2.24, 2.45) is 5.10 Å². The Morgan fingerprint density at radius 2 is 2.21 bits per heavy atom. The summed E-state index contributed by atoms with van der Waals surface area (Å²) >= 11 is 0. The molecule has 0 aliphatic heterocycles. The maximum atomic E-state index is 12.9. The van der Waals surface area contributed by atoms with Crippen LogP contribution in [0.4, 0.5) is 8.78 Å². The van der Waals surface area contributed by atoms with Gasteiger partial charge in [0.15, 0.2) is 11.6 Å². The molecule has 0 spiro atoms. The molecule has 0 aliphatic carbocycles. The van der Waals surface area contributed by atoms with Crippen molar-refractivity contribution in [3.63, 3.8) is 0 Å². The van der Waals surface area contributed by atoms with Crippen LogP contribution in [-0.4, -0.2) is 12.1 Å². The van der Waals surface area contributed by atoms with E-state index in [9.17, 15) is 13.6 Å². The largest absolute Gasteiger partial charge is 0.274 e. The number of hydrogen-bond donors (Lipinski definition) is 1. The van der Waals surface area contributed by atoms with Gasteiger partial charge in [-0.05, 0) is 6.07 Å². The summed E-state index contributed by atoms with van der Waals surface area (Å²) in [6, 6.07) is 3.71. The number of benzene rings is 1. The third kappa shape index (κ3) is 2.62. The molecular formula is C9H8F2N2O. The van der Waals surface area contributed by atoms with Crippen molar-refractivity contribution < 1.29 is 13.6 Å². The second kappa shape index (κ2) is 4.45. The van der Waals surface area contributed by atoms with Gasteiger partial charge in [-0.3, -0.25) is 4.79 Å². The zero-order valence-corrected chi connectivity index (χ0v) is 7.42. The van der Waals surface area contributed by atoms with Crippen molar-refractivity contribution in [1.82, 2.24) is 5.43 Å². The van der Waals surface area contributed by atoms with E-state index >= 15 is 0 Å². The van der Waals surface area contributed by atoms with Gasteiger partial charge in [0.2, 0.25) is 5.91 Å². The zero-order valence-electron chi connectivity index (χ0n) is 7.42. The number of hydrazone groups is 1. The molecule has 0 aliphatic rings. The van der Waals surface area contributed by atoms with E-state index in [2.05, 4.69) is 10.5 Å². The number of hydrogen-bond acceptors (Lipinski definition) is 2. The highest BCUT2D eigenvalue weighted by Crippen LogP contribution is 2.08. The van der Waals surface area contributed by atoms with Crippen LogP contribution in [0.2, 0.25) is 0 Å². The molecule has 1 rings (SSSR count). The number of amides is 1. The number of nitrogens with one attached hydrogen (secondary N) is 1. The van der Waals surface area contributed by atoms with E-state index in [-0.39, 0.29) is 11.5 Å². The minimum Gasteiger partial charge on any atom is -0.274 e. The third-order valence-electron chi connectivity index (χ3n) is 1.41. The Balaban J connectivity index is 2.81. The molecule has 0 saturated carbocycles. The fourth-order valence-corrected chi connectivity index (χ4v) is 0.813. The molecule has 0 aromatic heterocycles. The molecular weight excluding hydrogens is 190 g/mol. The highest BCUT2D eigenvalue weighted by atomic mass is 19.2. The average Bonchev–Trinajstić information content (AvgIpc) is 2.12. The first-order valence-corrected chi connectivity index (χ1v) is 3.85. The zero-order chi connectivity index (χ0) is 10.6. The molecule has 0 unspecified atom stereocenters. The summed E-state index contributed by atoms with van der Waals surface area (Å²) in [5.41, 5.74) is 2.07. The predicted octanol–water partition coefficient (Wildman–Crippen LogP) is 1.43. The van der Waals surface area contributed by atoms with Crippen LogP contribution in [-0.2, 0) is 4.79 Å². The van der Waals surface area contributed by atoms with Gasteiger partial charge in [0.05, 0.1) is 6.21 Å². The summed E-state index contributed by atoms with van der Waals surface area (Å²) in [4.78, 5) is 10.4. The first-order valence-electron chi connectivity index (χ1n) is 3.85. The van der Waals surface area contributed by atoms with Crippen LogP contribution >= 0.6 is 0 Å². The summed E-state index contributed by atoms with van der Waals surface area (Å²) in [5.74, 6) is -2.31. The molecule has 0 atom stereocenters. The Hall–Kier alpha value is -1.78. The summed E-state index contributed by atoms with van der Waals surface area (Å²) in [6.45, 7) is 1.26. The van der Waals surface area contributed by atoms with E-state index in [1.165, 1.54) is 19.1 Å². The smallest absolute Gasteiger partial charge is 0.236 e. The standard InChI is InChI=1S/C9H8F2N2O/c1-6(14)13-12-5-7-3-2-4-8(10)9(7)11/h2-5H,1H3,(H,13,14). The molecule has 1 aromatic rings. The lowest BCUT2D eigenvalue weighted by Crippen LogP contribution is -2.12. The first kappa shape index (κ1) is 10.3. The normalized spacial score (nSPS) is 10.5. The Morgan fingerprint density at radius 1 is 1.50 bits per heavy atom. The topological polar surface area (TPSA) is 41.5 Å². The van der Waals surface area contributed by atoms with Crippen LogP contribution in [0.3, 0.4) is 0 Å². The molecule has 1 N–H and O–H groups in total. The quantitative estimate of drug-likeness (QED) is 0.567. The fourth-order valence-electron chi connectivity index (χ4n) is 0.813. The van der Waals surface area contributed by atoms with Crippen LogP contribution < -0.4 is 5.43 Å². The Morgan fingerprint density at radius 3 is 2.86 bits per heavy atom. The molecule has 1 aromatic carbocycles. The van der Waals surface area contributed by atoms with Crippen molar-refractivity contribution in [2.45, 2.75) is 6.92 Å². The second-order valence-corrected chi connectivity index (χ2v) is 2.57. The van der Waals surface area contributed by atoms with Gasteiger partial charge < -0.3 is 0 Å². The van der Waals surface area contributed by atoms with E-state index in [1.807, 2.05) is 0 Å². The van der Waals surface area contributed by atoms with Crippen LogP contribution in [0.25, 0.3) is 0 Å². The van der Waals surface area contributed by atoms with Crippen molar-refractivity contribution in [2.75, 3.05) is 0 Å². The van der Waals surface area contributed by atoms with Gasteiger partial charge in [-0.2, -0.15) is 5.10 Å². The van der Waals surface area contributed by atoms with Crippen molar-refractivity contribution in [3.05, 3.63) is 35.4 Å². The van der Waals surface area contributed by atoms with Crippen molar-refractivity contribution in [3.8, 4) is 0 Å². The van der Waals surface area contributed by atoms with Gasteiger partial charge in [-0.1, -0.05) is 12.1 Å².